The van der Waals surface area contributed by atoms with Crippen LogP contribution in [-0.4, -0.2) is 4.98 Å². The maximum atomic E-state index is 4.34. The summed E-state index contributed by atoms with van der Waals surface area (Å²) in [5, 5.41) is 0. The molecule has 33 heavy (non-hydrogen) atoms. The van der Waals surface area contributed by atoms with Crippen LogP contribution in [0.25, 0.3) is 0 Å². The molecule has 0 saturated heterocycles. The normalized spacial score (nSPS) is 16.8. The summed E-state index contributed by atoms with van der Waals surface area (Å²) in [6.45, 7) is 24.6. The van der Waals surface area contributed by atoms with E-state index in [-0.39, 0.29) is 16.2 Å². The molecule has 1 heteroatoms. The van der Waals surface area contributed by atoms with Gasteiger partial charge in [-0.2, -0.15) is 0 Å². The number of hydrogen-bond acceptors (Lipinski definition) is 1. The van der Waals surface area contributed by atoms with Gasteiger partial charge in [-0.3, -0.25) is 4.98 Å². The summed E-state index contributed by atoms with van der Waals surface area (Å²) in [6.07, 6.45) is 9.92. The van der Waals surface area contributed by atoms with Crippen LogP contribution in [0.1, 0.15) is 124 Å². The molecule has 1 aromatic carbocycles. The molecule has 0 amide bonds. The highest BCUT2D eigenvalue weighted by Gasteiger charge is 2.49. The number of aromatic nitrogens is 1. The summed E-state index contributed by atoms with van der Waals surface area (Å²) in [5.41, 5.74) is 3.82. The van der Waals surface area contributed by atoms with Crippen molar-refractivity contribution in [1.29, 1.82) is 0 Å². The van der Waals surface area contributed by atoms with Gasteiger partial charge in [-0.05, 0) is 69.6 Å². The van der Waals surface area contributed by atoms with Gasteiger partial charge in [0.2, 0.25) is 0 Å². The Labute approximate surface area is 205 Å². The molecule has 0 bridgehead atoms. The van der Waals surface area contributed by atoms with Crippen molar-refractivity contribution in [2.75, 3.05) is 0 Å². The zero-order chi connectivity index (χ0) is 24.9. The van der Waals surface area contributed by atoms with Gasteiger partial charge < -0.3 is 0 Å². The van der Waals surface area contributed by atoms with Crippen LogP contribution in [0, 0.1) is 21.7 Å². The second kappa shape index (κ2) is 10.7. The first-order valence-electron chi connectivity index (χ1n) is 13.3. The first kappa shape index (κ1) is 27.6. The van der Waals surface area contributed by atoms with Crippen molar-refractivity contribution in [2.45, 2.75) is 113 Å². The first-order valence-corrected chi connectivity index (χ1v) is 13.3. The number of hydrogen-bond donors (Lipinski definition) is 0. The maximum Gasteiger partial charge on any atom is 0.0270 e. The van der Waals surface area contributed by atoms with E-state index < -0.39 is 0 Å². The van der Waals surface area contributed by atoms with Crippen LogP contribution in [-0.2, 0) is 0 Å². The van der Waals surface area contributed by atoms with Gasteiger partial charge in [0.05, 0.1) is 0 Å². The van der Waals surface area contributed by atoms with Crippen LogP contribution in [0.3, 0.4) is 0 Å². The summed E-state index contributed by atoms with van der Waals surface area (Å²) in [7, 11) is 0. The van der Waals surface area contributed by atoms with Crippen LogP contribution in [0.4, 0.5) is 0 Å². The Morgan fingerprint density at radius 3 is 1.67 bits per heavy atom. The molecule has 3 unspecified atom stereocenters. The molecule has 1 heterocycles. The van der Waals surface area contributed by atoms with Crippen LogP contribution in [0.2, 0.25) is 0 Å². The molecule has 0 saturated carbocycles. The molecular formula is C32H51N. The summed E-state index contributed by atoms with van der Waals surface area (Å²) in [4.78, 5) is 4.34. The Kier molecular flexibility index (Phi) is 8.99. The monoisotopic (exact) mass is 449 g/mol. The quantitative estimate of drug-likeness (QED) is 0.314. The van der Waals surface area contributed by atoms with Crippen molar-refractivity contribution in [3.05, 3.63) is 66.0 Å². The fraction of sp³-hybridized carbons (Fsp3) is 0.656. The lowest BCUT2D eigenvalue weighted by Crippen LogP contribution is -2.43. The minimum absolute atomic E-state index is 0.131. The highest BCUT2D eigenvalue weighted by atomic mass is 14.6. The van der Waals surface area contributed by atoms with Gasteiger partial charge >= 0.3 is 0 Å². The van der Waals surface area contributed by atoms with E-state index in [1.165, 1.54) is 43.2 Å². The predicted octanol–water partition coefficient (Wildman–Crippen LogP) is 10.0. The summed E-state index contributed by atoms with van der Waals surface area (Å²) >= 11 is 0. The second-order valence-corrected chi connectivity index (χ2v) is 12.7. The van der Waals surface area contributed by atoms with Crippen LogP contribution in [0.15, 0.2) is 54.9 Å². The zero-order valence-electron chi connectivity index (χ0n) is 23.3. The highest BCUT2D eigenvalue weighted by molar-refractivity contribution is 5.25. The lowest BCUT2D eigenvalue weighted by Gasteiger charge is -2.53. The molecule has 0 radical (unpaired) electrons. The number of nitrogens with zero attached hydrogens (tertiary/aromatic N) is 1. The van der Waals surface area contributed by atoms with Gasteiger partial charge in [-0.15, -0.1) is 0 Å². The zero-order valence-corrected chi connectivity index (χ0v) is 23.3. The van der Waals surface area contributed by atoms with E-state index in [1.807, 2.05) is 12.4 Å². The molecule has 0 spiro atoms. The van der Waals surface area contributed by atoms with Gasteiger partial charge in [0.1, 0.15) is 0 Å². The largest absolute Gasteiger partial charge is 0.265 e. The Balaban J connectivity index is 2.57. The number of rotatable bonds is 12. The molecule has 1 aromatic heterocycles. The van der Waals surface area contributed by atoms with E-state index in [4.69, 9.17) is 0 Å². The molecule has 3 atom stereocenters. The van der Waals surface area contributed by atoms with Crippen molar-refractivity contribution >= 4 is 0 Å². The van der Waals surface area contributed by atoms with Gasteiger partial charge in [-0.25, -0.2) is 0 Å². The Morgan fingerprint density at radius 1 is 0.636 bits per heavy atom. The fourth-order valence-corrected chi connectivity index (χ4v) is 5.59. The van der Waals surface area contributed by atoms with E-state index in [2.05, 4.69) is 117 Å². The van der Waals surface area contributed by atoms with Crippen LogP contribution < -0.4 is 0 Å². The second-order valence-electron chi connectivity index (χ2n) is 12.7. The standard InChI is InChI=1S/C32H51N/c1-11-29(4,5)23-28(26-19-21-33-22-20-26)31(8,9)32(10,13-3)24-27(30(6,7)12-2)25-17-15-14-16-18-25/h14-22,27-28H,11-13,23-24H2,1-10H3. The Bertz CT molecular complexity index is 833. The van der Waals surface area contributed by atoms with Gasteiger partial charge in [0, 0.05) is 12.4 Å². The summed E-state index contributed by atoms with van der Waals surface area (Å²) < 4.78 is 0. The predicted molar refractivity (Wildman–Crippen MR) is 146 cm³/mol. The molecule has 184 valence electrons. The van der Waals surface area contributed by atoms with Gasteiger partial charge in [0.25, 0.3) is 0 Å². The SMILES string of the molecule is CCC(C)(C)CC(c1ccncc1)C(C)(C)C(C)(CC)CC(c1ccccc1)C(C)(C)CC. The summed E-state index contributed by atoms with van der Waals surface area (Å²) in [5.74, 6) is 1.02. The average molecular weight is 450 g/mol. The van der Waals surface area contributed by atoms with Crippen LogP contribution in [0.5, 0.6) is 0 Å². The lowest BCUT2D eigenvalue weighted by atomic mass is 9.51. The Hall–Kier alpha value is -1.63. The highest BCUT2D eigenvalue weighted by Crippen LogP contribution is 2.59. The lowest BCUT2D eigenvalue weighted by molar-refractivity contribution is 0.00747. The minimum atomic E-state index is 0.131. The van der Waals surface area contributed by atoms with E-state index >= 15 is 0 Å². The maximum absolute atomic E-state index is 4.34. The molecule has 2 aromatic rings. The minimum Gasteiger partial charge on any atom is -0.265 e. The summed E-state index contributed by atoms with van der Waals surface area (Å²) in [6, 6.07) is 15.8. The average Bonchev–Trinajstić information content (AvgIpc) is 2.81. The third-order valence-corrected chi connectivity index (χ3v) is 9.74. The number of benzene rings is 1. The van der Waals surface area contributed by atoms with Crippen molar-refractivity contribution < 1.29 is 0 Å². The van der Waals surface area contributed by atoms with E-state index in [9.17, 15) is 0 Å². The van der Waals surface area contributed by atoms with Crippen molar-refractivity contribution in [2.24, 2.45) is 21.7 Å². The molecule has 0 aliphatic rings. The van der Waals surface area contributed by atoms with Gasteiger partial charge in [-0.1, -0.05) is 119 Å². The topological polar surface area (TPSA) is 12.9 Å². The van der Waals surface area contributed by atoms with Crippen molar-refractivity contribution in [3.63, 3.8) is 0 Å². The van der Waals surface area contributed by atoms with Crippen LogP contribution >= 0.6 is 0 Å². The molecule has 2 rings (SSSR count). The molecule has 0 aliphatic carbocycles. The van der Waals surface area contributed by atoms with E-state index in [0.717, 1.165) is 0 Å². The Morgan fingerprint density at radius 2 is 1.18 bits per heavy atom. The third-order valence-electron chi connectivity index (χ3n) is 9.74. The van der Waals surface area contributed by atoms with E-state index in [0.29, 0.717) is 17.3 Å². The molecular weight excluding hydrogens is 398 g/mol. The van der Waals surface area contributed by atoms with Gasteiger partial charge in [0.15, 0.2) is 0 Å². The molecule has 0 aliphatic heterocycles. The smallest absolute Gasteiger partial charge is 0.0270 e. The third kappa shape index (κ3) is 6.28. The molecule has 0 N–H and O–H groups in total. The first-order chi connectivity index (χ1) is 15.3. The number of pyridine rings is 1. The van der Waals surface area contributed by atoms with E-state index in [1.54, 1.807) is 0 Å². The molecule has 0 fully saturated rings. The fourth-order valence-electron chi connectivity index (χ4n) is 5.59. The van der Waals surface area contributed by atoms with Crippen molar-refractivity contribution in [3.8, 4) is 0 Å². The molecule has 1 nitrogen and oxygen atoms in total. The van der Waals surface area contributed by atoms with Crippen molar-refractivity contribution in [1.82, 2.24) is 4.98 Å².